The third-order valence-corrected chi connectivity index (χ3v) is 4.92. The first-order valence-electron chi connectivity index (χ1n) is 5.40. The molecule has 4 nitrogen and oxygen atoms in total. The van der Waals surface area contributed by atoms with Gasteiger partial charge in [-0.05, 0) is 18.9 Å². The summed E-state index contributed by atoms with van der Waals surface area (Å²) in [6, 6.07) is 0.319. The van der Waals surface area contributed by atoms with Gasteiger partial charge in [-0.1, -0.05) is 20.8 Å². The summed E-state index contributed by atoms with van der Waals surface area (Å²) in [7, 11) is -1.19. The summed E-state index contributed by atoms with van der Waals surface area (Å²) in [5.74, 6) is 0.233. The maximum absolute atomic E-state index is 12.0. The van der Waals surface area contributed by atoms with Gasteiger partial charge >= 0.3 is 0 Å². The van der Waals surface area contributed by atoms with Crippen LogP contribution in [-0.2, 0) is 10.0 Å². The first-order valence-corrected chi connectivity index (χ1v) is 7.00. The Kier molecular flexibility index (Phi) is 3.79. The zero-order chi connectivity index (χ0) is 11.7. The molecule has 0 radical (unpaired) electrons. The van der Waals surface area contributed by atoms with Gasteiger partial charge in [0.25, 0.3) is 0 Å². The highest BCUT2D eigenvalue weighted by molar-refractivity contribution is 7.89. The van der Waals surface area contributed by atoms with Crippen molar-refractivity contribution in [2.45, 2.75) is 33.2 Å². The largest absolute Gasteiger partial charge is 0.316 e. The van der Waals surface area contributed by atoms with Crippen LogP contribution in [0.5, 0.6) is 0 Å². The molecule has 0 aliphatic carbocycles. The van der Waals surface area contributed by atoms with Crippen LogP contribution in [0.1, 0.15) is 27.2 Å². The van der Waals surface area contributed by atoms with E-state index < -0.39 is 10.0 Å². The fraction of sp³-hybridized carbons (Fsp3) is 1.00. The molecule has 1 atom stereocenters. The van der Waals surface area contributed by atoms with Crippen molar-refractivity contribution in [1.82, 2.24) is 9.62 Å². The summed E-state index contributed by atoms with van der Waals surface area (Å²) in [5, 5.41) is 3.12. The first kappa shape index (κ1) is 12.9. The predicted molar refractivity (Wildman–Crippen MR) is 62.3 cm³/mol. The quantitative estimate of drug-likeness (QED) is 0.780. The molecule has 5 heteroatoms. The van der Waals surface area contributed by atoms with Gasteiger partial charge in [-0.2, -0.15) is 0 Å². The second-order valence-electron chi connectivity index (χ2n) is 5.45. The van der Waals surface area contributed by atoms with Crippen molar-refractivity contribution < 1.29 is 8.42 Å². The van der Waals surface area contributed by atoms with Gasteiger partial charge < -0.3 is 5.32 Å². The van der Waals surface area contributed by atoms with Crippen LogP contribution in [0.15, 0.2) is 0 Å². The monoisotopic (exact) mass is 234 g/mol. The highest BCUT2D eigenvalue weighted by Gasteiger charge is 2.33. The maximum atomic E-state index is 12.0. The zero-order valence-corrected chi connectivity index (χ0v) is 10.9. The molecule has 1 N–H and O–H groups in total. The molecular weight excluding hydrogens is 212 g/mol. The highest BCUT2D eigenvalue weighted by Crippen LogP contribution is 2.21. The number of hydrogen-bond acceptors (Lipinski definition) is 3. The lowest BCUT2D eigenvalue weighted by Gasteiger charge is -2.23. The van der Waals surface area contributed by atoms with Crippen LogP contribution in [0.4, 0.5) is 0 Å². The average Bonchev–Trinajstić information content (AvgIpc) is 2.47. The van der Waals surface area contributed by atoms with Crippen molar-refractivity contribution in [3.63, 3.8) is 0 Å². The van der Waals surface area contributed by atoms with Crippen LogP contribution >= 0.6 is 0 Å². The van der Waals surface area contributed by atoms with E-state index >= 15 is 0 Å². The molecule has 0 aromatic carbocycles. The van der Waals surface area contributed by atoms with E-state index in [2.05, 4.69) is 5.32 Å². The van der Waals surface area contributed by atoms with E-state index in [1.54, 1.807) is 4.31 Å². The first-order chi connectivity index (χ1) is 6.74. The Bertz CT molecular complexity index is 306. The van der Waals surface area contributed by atoms with Gasteiger partial charge in [-0.15, -0.1) is 0 Å². The molecule has 90 valence electrons. The number of nitrogens with one attached hydrogen (secondary N) is 1. The van der Waals surface area contributed by atoms with E-state index in [1.165, 1.54) is 0 Å². The van der Waals surface area contributed by atoms with Gasteiger partial charge in [-0.3, -0.25) is 0 Å². The highest BCUT2D eigenvalue weighted by atomic mass is 32.2. The third kappa shape index (κ3) is 3.74. The van der Waals surface area contributed by atoms with Gasteiger partial charge in [0.1, 0.15) is 0 Å². The van der Waals surface area contributed by atoms with E-state index in [-0.39, 0.29) is 11.2 Å². The fourth-order valence-corrected chi connectivity index (χ4v) is 3.92. The Morgan fingerprint density at radius 3 is 2.40 bits per heavy atom. The van der Waals surface area contributed by atoms with E-state index in [0.717, 1.165) is 6.42 Å². The molecule has 1 aliphatic rings. The summed E-state index contributed by atoms with van der Waals surface area (Å²) in [5.41, 5.74) is -0.170. The number of hydrogen-bond donors (Lipinski definition) is 1. The fourth-order valence-electron chi connectivity index (χ4n) is 1.85. The Balaban J connectivity index is 2.64. The second-order valence-corrected chi connectivity index (χ2v) is 7.42. The van der Waals surface area contributed by atoms with Crippen molar-refractivity contribution in [3.8, 4) is 0 Å². The van der Waals surface area contributed by atoms with Crippen LogP contribution in [-0.4, -0.2) is 44.7 Å². The molecule has 1 unspecified atom stereocenters. The Morgan fingerprint density at radius 1 is 1.40 bits per heavy atom. The Morgan fingerprint density at radius 2 is 2.00 bits per heavy atom. The molecule has 0 spiro atoms. The normalized spacial score (nSPS) is 24.7. The smallest absolute Gasteiger partial charge is 0.214 e. The molecule has 0 aromatic rings. The molecular formula is C10H22N2O2S. The zero-order valence-electron chi connectivity index (χ0n) is 10.1. The van der Waals surface area contributed by atoms with Crippen molar-refractivity contribution in [2.24, 2.45) is 5.41 Å². The Labute approximate surface area is 93.1 Å². The minimum atomic E-state index is -3.07. The van der Waals surface area contributed by atoms with Crippen molar-refractivity contribution in [2.75, 3.05) is 25.9 Å². The average molecular weight is 234 g/mol. The van der Waals surface area contributed by atoms with Gasteiger partial charge in [-0.25, -0.2) is 12.7 Å². The van der Waals surface area contributed by atoms with Crippen LogP contribution in [0.2, 0.25) is 0 Å². The lowest BCUT2D eigenvalue weighted by atomic mass is 10.0. The van der Waals surface area contributed by atoms with E-state index in [1.807, 2.05) is 27.8 Å². The maximum Gasteiger partial charge on any atom is 0.214 e. The van der Waals surface area contributed by atoms with Crippen molar-refractivity contribution in [1.29, 1.82) is 0 Å². The molecule has 1 saturated heterocycles. The summed E-state index contributed by atoms with van der Waals surface area (Å²) >= 11 is 0. The number of likely N-dealkylation sites (N-methyl/N-ethyl adjacent to an activating group) is 1. The van der Waals surface area contributed by atoms with E-state index in [0.29, 0.717) is 19.1 Å². The van der Waals surface area contributed by atoms with E-state index in [4.69, 9.17) is 0 Å². The summed E-state index contributed by atoms with van der Waals surface area (Å²) in [4.78, 5) is 0. The minimum absolute atomic E-state index is 0.170. The molecule has 0 aromatic heterocycles. The van der Waals surface area contributed by atoms with Gasteiger partial charge in [0.15, 0.2) is 0 Å². The Hall–Kier alpha value is -0.130. The van der Waals surface area contributed by atoms with Gasteiger partial charge in [0, 0.05) is 19.1 Å². The number of rotatable bonds is 3. The summed E-state index contributed by atoms with van der Waals surface area (Å²) < 4.78 is 25.6. The van der Waals surface area contributed by atoms with Gasteiger partial charge in [0.05, 0.1) is 5.75 Å². The SMILES string of the molecule is CNC1CCN(S(=O)(=O)CC(C)(C)C)C1. The molecule has 1 fully saturated rings. The van der Waals surface area contributed by atoms with Crippen molar-refractivity contribution in [3.05, 3.63) is 0 Å². The van der Waals surface area contributed by atoms with E-state index in [9.17, 15) is 8.42 Å². The van der Waals surface area contributed by atoms with Crippen molar-refractivity contribution >= 4 is 10.0 Å². The molecule has 0 bridgehead atoms. The van der Waals surface area contributed by atoms with Crippen LogP contribution in [0, 0.1) is 5.41 Å². The molecule has 1 rings (SSSR count). The lowest BCUT2D eigenvalue weighted by molar-refractivity contribution is 0.420. The third-order valence-electron chi connectivity index (χ3n) is 2.57. The summed E-state index contributed by atoms with van der Waals surface area (Å²) in [6.45, 7) is 7.14. The predicted octanol–water partition coefficient (Wildman–Crippen LogP) is 0.656. The number of nitrogens with zero attached hydrogens (tertiary/aromatic N) is 1. The second kappa shape index (κ2) is 4.39. The molecule has 0 amide bonds. The standard InChI is InChI=1S/C10H22N2O2S/c1-10(2,3)8-15(13,14)12-6-5-9(7-12)11-4/h9,11H,5-8H2,1-4H3. The van der Waals surface area contributed by atoms with Crippen LogP contribution in [0.3, 0.4) is 0 Å². The molecule has 1 aliphatic heterocycles. The summed E-state index contributed by atoms with van der Waals surface area (Å²) in [6.07, 6.45) is 0.917. The number of sulfonamides is 1. The molecule has 1 heterocycles. The lowest BCUT2D eigenvalue weighted by Crippen LogP contribution is -2.37. The van der Waals surface area contributed by atoms with Crippen LogP contribution < -0.4 is 5.32 Å². The van der Waals surface area contributed by atoms with Crippen LogP contribution in [0.25, 0.3) is 0 Å². The topological polar surface area (TPSA) is 49.4 Å². The van der Waals surface area contributed by atoms with Gasteiger partial charge in [0.2, 0.25) is 10.0 Å². The molecule has 15 heavy (non-hydrogen) atoms. The minimum Gasteiger partial charge on any atom is -0.316 e. The molecule has 0 saturated carbocycles.